The predicted molar refractivity (Wildman–Crippen MR) is 114 cm³/mol. The molecule has 0 aliphatic heterocycles. The average Bonchev–Trinajstić information content (AvgIpc) is 3.15. The van der Waals surface area contributed by atoms with Crippen LogP contribution in [0, 0.1) is 23.7 Å². The molecule has 5 rings (SSSR count). The van der Waals surface area contributed by atoms with E-state index in [1.165, 1.54) is 18.4 Å². The molecule has 1 fully saturated rings. The van der Waals surface area contributed by atoms with Crippen molar-refractivity contribution >= 4 is 34.2 Å². The van der Waals surface area contributed by atoms with Crippen molar-refractivity contribution in [2.24, 2.45) is 23.7 Å². The average molecular weight is 426 g/mol. The van der Waals surface area contributed by atoms with E-state index < -0.39 is 23.8 Å². The molecule has 3 aliphatic rings. The number of amides is 1. The molecule has 156 valence electrons. The van der Waals surface area contributed by atoms with E-state index in [1.54, 1.807) is 6.07 Å². The van der Waals surface area contributed by atoms with E-state index >= 15 is 0 Å². The molecular formula is C23H23NO5S. The van der Waals surface area contributed by atoms with E-state index in [9.17, 15) is 19.5 Å². The Morgan fingerprint density at radius 2 is 1.77 bits per heavy atom. The maximum atomic E-state index is 13.1. The lowest BCUT2D eigenvalue weighted by Crippen LogP contribution is -2.47. The molecule has 1 saturated carbocycles. The first-order valence-corrected chi connectivity index (χ1v) is 10.8. The van der Waals surface area contributed by atoms with Gasteiger partial charge in [-0.15, -0.1) is 11.3 Å². The number of methoxy groups -OCH3 is 1. The molecule has 0 spiro atoms. The lowest BCUT2D eigenvalue weighted by molar-refractivity contribution is -0.151. The van der Waals surface area contributed by atoms with Crippen LogP contribution in [0.25, 0.3) is 0 Å². The SMILES string of the molecule is COC(=O)c1cc(Cc2ccccc2)sc1NC(=O)C1C2C=CC(CC2)C1C(=O)O. The van der Waals surface area contributed by atoms with Crippen LogP contribution in [0.5, 0.6) is 0 Å². The van der Waals surface area contributed by atoms with Gasteiger partial charge in [-0.1, -0.05) is 42.5 Å². The fourth-order valence-electron chi connectivity index (χ4n) is 4.56. The van der Waals surface area contributed by atoms with Gasteiger partial charge in [0.05, 0.1) is 24.5 Å². The Bertz CT molecular complexity index is 996. The number of fused-ring (bicyclic) bond motifs is 2. The number of rotatable bonds is 6. The summed E-state index contributed by atoms with van der Waals surface area (Å²) in [5, 5.41) is 13.0. The number of thiophene rings is 1. The van der Waals surface area contributed by atoms with Crippen molar-refractivity contribution in [3.63, 3.8) is 0 Å². The van der Waals surface area contributed by atoms with Crippen molar-refractivity contribution in [2.75, 3.05) is 12.4 Å². The molecule has 7 heteroatoms. The van der Waals surface area contributed by atoms with E-state index in [2.05, 4.69) is 5.32 Å². The number of esters is 1. The first-order valence-electron chi connectivity index (χ1n) is 9.95. The summed E-state index contributed by atoms with van der Waals surface area (Å²) in [6.07, 6.45) is 6.11. The van der Waals surface area contributed by atoms with Gasteiger partial charge in [-0.05, 0) is 36.3 Å². The molecule has 0 radical (unpaired) electrons. The third-order valence-corrected chi connectivity index (χ3v) is 7.03. The zero-order chi connectivity index (χ0) is 21.3. The third-order valence-electron chi connectivity index (χ3n) is 5.98. The molecule has 0 saturated heterocycles. The van der Waals surface area contributed by atoms with Crippen LogP contribution in [0.1, 0.15) is 33.6 Å². The van der Waals surface area contributed by atoms with Gasteiger partial charge in [0.25, 0.3) is 0 Å². The van der Waals surface area contributed by atoms with E-state index in [0.717, 1.165) is 23.3 Å². The Hall–Kier alpha value is -2.93. The summed E-state index contributed by atoms with van der Waals surface area (Å²) < 4.78 is 4.89. The number of hydrogen-bond acceptors (Lipinski definition) is 5. The van der Waals surface area contributed by atoms with Crippen molar-refractivity contribution in [3.05, 3.63) is 64.6 Å². The van der Waals surface area contributed by atoms with Crippen LogP contribution in [0.3, 0.4) is 0 Å². The Morgan fingerprint density at radius 3 is 2.37 bits per heavy atom. The molecule has 1 heterocycles. The first kappa shape index (κ1) is 20.3. The minimum Gasteiger partial charge on any atom is -0.481 e. The molecule has 30 heavy (non-hydrogen) atoms. The van der Waals surface area contributed by atoms with E-state index in [0.29, 0.717) is 17.0 Å². The molecule has 4 atom stereocenters. The number of allylic oxidation sites excluding steroid dienone is 2. The van der Waals surface area contributed by atoms with Crippen molar-refractivity contribution < 1.29 is 24.2 Å². The Kier molecular flexibility index (Phi) is 5.72. The van der Waals surface area contributed by atoms with Crippen LogP contribution in [-0.2, 0) is 20.7 Å². The molecule has 1 aromatic carbocycles. The van der Waals surface area contributed by atoms with Crippen LogP contribution >= 0.6 is 11.3 Å². The second kappa shape index (κ2) is 8.44. The van der Waals surface area contributed by atoms with Crippen molar-refractivity contribution in [3.8, 4) is 0 Å². The fourth-order valence-corrected chi connectivity index (χ4v) is 5.65. The number of anilines is 1. The molecule has 1 aromatic heterocycles. The highest BCUT2D eigenvalue weighted by Crippen LogP contribution is 2.45. The zero-order valence-electron chi connectivity index (χ0n) is 16.5. The zero-order valence-corrected chi connectivity index (χ0v) is 17.4. The minimum absolute atomic E-state index is 0.0959. The largest absolute Gasteiger partial charge is 0.481 e. The number of ether oxygens (including phenoxy) is 1. The highest BCUT2D eigenvalue weighted by Gasteiger charge is 2.48. The lowest BCUT2D eigenvalue weighted by Gasteiger charge is -2.41. The van der Waals surface area contributed by atoms with Gasteiger partial charge in [-0.2, -0.15) is 0 Å². The monoisotopic (exact) mass is 425 g/mol. The number of hydrogen-bond donors (Lipinski definition) is 2. The second-order valence-electron chi connectivity index (χ2n) is 7.78. The molecule has 1 amide bonds. The van der Waals surface area contributed by atoms with Gasteiger partial charge in [0.1, 0.15) is 5.00 Å². The first-order chi connectivity index (χ1) is 14.5. The number of benzene rings is 1. The van der Waals surface area contributed by atoms with E-state index in [1.807, 2.05) is 42.5 Å². The van der Waals surface area contributed by atoms with Gasteiger partial charge in [-0.25, -0.2) is 4.79 Å². The number of carbonyl (C=O) groups excluding carboxylic acids is 2. The molecule has 4 unspecified atom stereocenters. The predicted octanol–water partition coefficient (Wildman–Crippen LogP) is 3.98. The summed E-state index contributed by atoms with van der Waals surface area (Å²) in [4.78, 5) is 38.2. The van der Waals surface area contributed by atoms with Gasteiger partial charge in [0, 0.05) is 11.3 Å². The van der Waals surface area contributed by atoms with Crippen molar-refractivity contribution in [2.45, 2.75) is 19.3 Å². The third kappa shape index (κ3) is 3.89. The highest BCUT2D eigenvalue weighted by molar-refractivity contribution is 7.16. The van der Waals surface area contributed by atoms with E-state index in [4.69, 9.17) is 4.74 Å². The summed E-state index contributed by atoms with van der Waals surface area (Å²) in [5.41, 5.74) is 1.39. The summed E-state index contributed by atoms with van der Waals surface area (Å²) in [6, 6.07) is 11.6. The highest BCUT2D eigenvalue weighted by atomic mass is 32.1. The molecular weight excluding hydrogens is 402 g/mol. The maximum absolute atomic E-state index is 13.1. The summed E-state index contributed by atoms with van der Waals surface area (Å²) in [5.74, 6) is -3.42. The Labute approximate surface area is 178 Å². The molecule has 6 nitrogen and oxygen atoms in total. The number of carbonyl (C=O) groups is 3. The lowest BCUT2D eigenvalue weighted by atomic mass is 9.62. The topological polar surface area (TPSA) is 92.7 Å². The van der Waals surface area contributed by atoms with Gasteiger partial charge in [0.2, 0.25) is 5.91 Å². The Morgan fingerprint density at radius 1 is 1.10 bits per heavy atom. The van der Waals surface area contributed by atoms with Crippen LogP contribution in [0.4, 0.5) is 5.00 Å². The summed E-state index contributed by atoms with van der Waals surface area (Å²) >= 11 is 1.32. The van der Waals surface area contributed by atoms with E-state index in [-0.39, 0.29) is 17.7 Å². The normalized spacial score (nSPS) is 24.4. The molecule has 3 aliphatic carbocycles. The van der Waals surface area contributed by atoms with Gasteiger partial charge >= 0.3 is 11.9 Å². The van der Waals surface area contributed by atoms with Gasteiger partial charge in [-0.3, -0.25) is 9.59 Å². The van der Waals surface area contributed by atoms with Crippen LogP contribution in [0.15, 0.2) is 48.6 Å². The number of carboxylic acid groups (broad SMARTS) is 1. The van der Waals surface area contributed by atoms with Crippen LogP contribution < -0.4 is 5.32 Å². The minimum atomic E-state index is -0.946. The van der Waals surface area contributed by atoms with Crippen molar-refractivity contribution in [1.82, 2.24) is 0 Å². The van der Waals surface area contributed by atoms with Crippen LogP contribution in [0.2, 0.25) is 0 Å². The van der Waals surface area contributed by atoms with Crippen molar-refractivity contribution in [1.29, 1.82) is 0 Å². The molecule has 2 bridgehead atoms. The molecule has 2 N–H and O–H groups in total. The summed E-state index contributed by atoms with van der Waals surface area (Å²) in [6.45, 7) is 0. The maximum Gasteiger partial charge on any atom is 0.340 e. The second-order valence-corrected chi connectivity index (χ2v) is 8.92. The van der Waals surface area contributed by atoms with Crippen LogP contribution in [-0.4, -0.2) is 30.1 Å². The number of carboxylic acids is 1. The number of aliphatic carboxylic acids is 1. The Balaban J connectivity index is 1.60. The van der Waals surface area contributed by atoms with Gasteiger partial charge < -0.3 is 15.2 Å². The smallest absolute Gasteiger partial charge is 0.340 e. The van der Waals surface area contributed by atoms with Gasteiger partial charge in [0.15, 0.2) is 0 Å². The molecule has 2 aromatic rings. The standard InChI is InChI=1S/C23H23NO5S/c1-29-23(28)17-12-16(11-13-5-3-2-4-6-13)30-21(17)24-20(25)18-14-7-9-15(10-8-14)19(18)22(26)27/h2-7,9,12,14-15,18-19H,8,10-11H2,1H3,(H,24,25)(H,26,27). The fraction of sp³-hybridized carbons (Fsp3) is 0.348. The summed E-state index contributed by atoms with van der Waals surface area (Å²) in [7, 11) is 1.30. The number of nitrogens with one attached hydrogen (secondary N) is 1. The quantitative estimate of drug-likeness (QED) is 0.540.